The largest absolute Gasteiger partial charge is 0.497 e. The second-order valence-electron chi connectivity index (χ2n) is 6.55. The van der Waals surface area contributed by atoms with Gasteiger partial charge in [0.25, 0.3) is 5.91 Å². The summed E-state index contributed by atoms with van der Waals surface area (Å²) in [6.07, 6.45) is 3.11. The summed E-state index contributed by atoms with van der Waals surface area (Å²) in [4.78, 5) is 22.4. The van der Waals surface area contributed by atoms with E-state index >= 15 is 0 Å². The first-order chi connectivity index (χ1) is 14.1. The number of aromatic nitrogens is 1. The third kappa shape index (κ3) is 4.27. The van der Waals surface area contributed by atoms with Crippen molar-refractivity contribution in [2.24, 2.45) is 4.99 Å². The van der Waals surface area contributed by atoms with E-state index in [0.717, 1.165) is 27.5 Å². The Morgan fingerprint density at radius 1 is 1.31 bits per heavy atom. The van der Waals surface area contributed by atoms with Gasteiger partial charge in [-0.25, -0.2) is 9.98 Å². The van der Waals surface area contributed by atoms with Gasteiger partial charge in [0.15, 0.2) is 0 Å². The summed E-state index contributed by atoms with van der Waals surface area (Å²) in [5, 5.41) is 2.93. The van der Waals surface area contributed by atoms with Crippen LogP contribution in [0, 0.1) is 6.92 Å². The lowest BCUT2D eigenvalue weighted by atomic mass is 9.98. The van der Waals surface area contributed by atoms with Crippen molar-refractivity contribution in [1.82, 2.24) is 15.0 Å². The minimum absolute atomic E-state index is 0.254. The lowest BCUT2D eigenvalue weighted by Crippen LogP contribution is -2.40. The molecule has 7 nitrogen and oxygen atoms in total. The summed E-state index contributed by atoms with van der Waals surface area (Å²) >= 11 is 1.38. The molecule has 0 saturated carbocycles. The molecule has 1 unspecified atom stereocenters. The van der Waals surface area contributed by atoms with Gasteiger partial charge >= 0.3 is 0 Å². The van der Waals surface area contributed by atoms with E-state index in [1.165, 1.54) is 18.2 Å². The number of hydrogen-bond donors (Lipinski definition) is 2. The maximum atomic E-state index is 12.7. The van der Waals surface area contributed by atoms with Crippen LogP contribution in [0.3, 0.4) is 0 Å². The molecule has 148 valence electrons. The Kier molecular flexibility index (Phi) is 5.53. The van der Waals surface area contributed by atoms with Gasteiger partial charge in [-0.1, -0.05) is 18.2 Å². The summed E-state index contributed by atoms with van der Waals surface area (Å²) < 4.78 is 13.8. The van der Waals surface area contributed by atoms with Crippen molar-refractivity contribution in [1.29, 1.82) is 0 Å². The van der Waals surface area contributed by atoms with Crippen LogP contribution < -0.4 is 14.8 Å². The van der Waals surface area contributed by atoms with E-state index in [0.29, 0.717) is 12.4 Å². The summed E-state index contributed by atoms with van der Waals surface area (Å²) in [5.41, 5.74) is 2.86. The number of carbonyl (C=O) groups is 1. The first kappa shape index (κ1) is 19.1. The first-order valence-electron chi connectivity index (χ1n) is 9.08. The molecule has 0 spiro atoms. The summed E-state index contributed by atoms with van der Waals surface area (Å²) in [6, 6.07) is 13.6. The van der Waals surface area contributed by atoms with E-state index in [4.69, 9.17) is 9.15 Å². The van der Waals surface area contributed by atoms with Crippen molar-refractivity contribution in [2.75, 3.05) is 13.7 Å². The molecular formula is C21H20N4O3S. The number of methoxy groups -OCH3 is 1. The fourth-order valence-corrected chi connectivity index (χ4v) is 3.84. The quantitative estimate of drug-likeness (QED) is 0.606. The maximum Gasteiger partial charge on any atom is 0.287 e. The Morgan fingerprint density at radius 3 is 3.00 bits per heavy atom. The predicted octanol–water partition coefficient (Wildman–Crippen LogP) is 3.58. The Morgan fingerprint density at radius 2 is 2.21 bits per heavy atom. The highest BCUT2D eigenvalue weighted by Crippen LogP contribution is 2.32. The highest BCUT2D eigenvalue weighted by Gasteiger charge is 2.23. The number of aryl methyl sites for hydroxylation is 1. The number of aliphatic imine (C=N–C) groups is 1. The zero-order valence-electron chi connectivity index (χ0n) is 16.0. The van der Waals surface area contributed by atoms with Crippen LogP contribution in [0.25, 0.3) is 0 Å². The van der Waals surface area contributed by atoms with Crippen molar-refractivity contribution in [2.45, 2.75) is 17.7 Å². The Balaban J connectivity index is 1.52. The Bertz CT molecular complexity index is 1050. The van der Waals surface area contributed by atoms with Crippen LogP contribution in [0.2, 0.25) is 0 Å². The first-order valence-corrected chi connectivity index (χ1v) is 9.89. The molecule has 2 heterocycles. The van der Waals surface area contributed by atoms with Gasteiger partial charge in [-0.2, -0.15) is 0 Å². The topological polar surface area (TPSA) is 88.8 Å². The summed E-state index contributed by atoms with van der Waals surface area (Å²) in [5.74, 6) is 0.974. The van der Waals surface area contributed by atoms with Gasteiger partial charge in [0.2, 0.25) is 11.7 Å². The number of nitrogens with one attached hydrogen (secondary N) is 2. The third-order valence-corrected chi connectivity index (χ3v) is 5.38. The average molecular weight is 408 g/mol. The molecule has 0 bridgehead atoms. The van der Waals surface area contributed by atoms with Crippen molar-refractivity contribution >= 4 is 29.4 Å². The van der Waals surface area contributed by atoms with Gasteiger partial charge in [0, 0.05) is 6.54 Å². The second kappa shape index (κ2) is 8.40. The standard InChI is InChI=1S/C21H20N4O3S/c1-13-6-7-17-18(10-13)29-25-19(24-17)20(26)23-12-16(21-22-8-9-28-21)14-4-3-5-15(11-14)27-2/h3-11,16H,12H2,1-2H3,(H,23,26)(H,24,25). The number of hydrogen-bond acceptors (Lipinski definition) is 7. The molecule has 8 heteroatoms. The molecule has 4 rings (SSSR count). The van der Waals surface area contributed by atoms with Crippen molar-refractivity contribution < 1.29 is 13.9 Å². The molecule has 1 aromatic heterocycles. The van der Waals surface area contributed by atoms with Crippen LogP contribution in [0.5, 0.6) is 5.75 Å². The van der Waals surface area contributed by atoms with Gasteiger partial charge in [-0.15, -0.1) is 0 Å². The average Bonchev–Trinajstić information content (AvgIpc) is 3.28. The predicted molar refractivity (Wildman–Crippen MR) is 112 cm³/mol. The van der Waals surface area contributed by atoms with Gasteiger partial charge in [-0.05, 0) is 54.3 Å². The monoisotopic (exact) mass is 408 g/mol. The summed E-state index contributed by atoms with van der Waals surface area (Å²) in [7, 11) is 1.62. The zero-order chi connectivity index (χ0) is 20.2. The second-order valence-corrected chi connectivity index (χ2v) is 7.39. The Labute approximate surface area is 172 Å². The molecule has 29 heavy (non-hydrogen) atoms. The van der Waals surface area contributed by atoms with Crippen molar-refractivity contribution in [3.05, 3.63) is 71.9 Å². The molecule has 2 N–H and O–H groups in total. The molecule has 1 aliphatic heterocycles. The van der Waals surface area contributed by atoms with E-state index < -0.39 is 0 Å². The fraction of sp³-hybridized carbons (Fsp3) is 0.190. The number of carbonyl (C=O) groups excluding carboxylic acids is 1. The van der Waals surface area contributed by atoms with Gasteiger partial charge in [-0.3, -0.25) is 4.79 Å². The van der Waals surface area contributed by atoms with Crippen LogP contribution >= 0.6 is 11.9 Å². The molecule has 0 fully saturated rings. The maximum absolute atomic E-state index is 12.7. The number of amidine groups is 1. The highest BCUT2D eigenvalue weighted by molar-refractivity contribution is 7.98. The molecule has 1 amide bonds. The molecule has 1 aliphatic rings. The number of benzene rings is 2. The number of oxazole rings is 1. The van der Waals surface area contributed by atoms with E-state index in [1.807, 2.05) is 49.4 Å². The third-order valence-electron chi connectivity index (χ3n) is 4.53. The smallest absolute Gasteiger partial charge is 0.287 e. The van der Waals surface area contributed by atoms with Crippen LogP contribution in [-0.4, -0.2) is 30.4 Å². The number of nitrogens with zero attached hydrogens (tertiary/aromatic N) is 2. The van der Waals surface area contributed by atoms with Crippen LogP contribution in [-0.2, 0) is 4.79 Å². The molecule has 2 aromatic carbocycles. The number of amides is 1. The molecule has 0 radical (unpaired) electrons. The molecule has 0 saturated heterocycles. The van der Waals surface area contributed by atoms with Gasteiger partial charge < -0.3 is 19.2 Å². The van der Waals surface area contributed by atoms with Crippen LogP contribution in [0.1, 0.15) is 22.9 Å². The SMILES string of the molecule is COc1cccc(C(CNC(=O)C2=Nc3ccc(C)cc3SN2)c2ncco2)c1. The van der Waals surface area contributed by atoms with E-state index in [2.05, 4.69) is 20.0 Å². The normalized spacial score (nSPS) is 13.7. The van der Waals surface area contributed by atoms with Crippen molar-refractivity contribution in [3.63, 3.8) is 0 Å². The highest BCUT2D eigenvalue weighted by atomic mass is 32.2. The fourth-order valence-electron chi connectivity index (χ4n) is 3.03. The lowest BCUT2D eigenvalue weighted by molar-refractivity contribution is -0.115. The minimum atomic E-state index is -0.289. The number of fused-ring (bicyclic) bond motifs is 1. The number of ether oxygens (including phenoxy) is 1. The molecular weight excluding hydrogens is 388 g/mol. The lowest BCUT2D eigenvalue weighted by Gasteiger charge is -2.19. The van der Waals surface area contributed by atoms with E-state index in [1.54, 1.807) is 13.3 Å². The summed E-state index contributed by atoms with van der Waals surface area (Å²) in [6.45, 7) is 2.33. The van der Waals surface area contributed by atoms with Crippen LogP contribution in [0.15, 0.2) is 69.2 Å². The van der Waals surface area contributed by atoms with Crippen LogP contribution in [0.4, 0.5) is 5.69 Å². The molecule has 3 aromatic rings. The Hall–Kier alpha value is -3.26. The van der Waals surface area contributed by atoms with E-state index in [-0.39, 0.29) is 17.7 Å². The number of rotatable bonds is 6. The molecule has 1 atom stereocenters. The molecule has 0 aliphatic carbocycles. The zero-order valence-corrected chi connectivity index (χ0v) is 16.8. The van der Waals surface area contributed by atoms with E-state index in [9.17, 15) is 4.79 Å². The van der Waals surface area contributed by atoms with Gasteiger partial charge in [0.1, 0.15) is 12.0 Å². The minimum Gasteiger partial charge on any atom is -0.497 e. The van der Waals surface area contributed by atoms with Gasteiger partial charge in [0.05, 0.1) is 29.8 Å². The van der Waals surface area contributed by atoms with Crippen molar-refractivity contribution in [3.8, 4) is 5.75 Å².